The second-order valence-electron chi connectivity index (χ2n) is 3.52. The molecule has 9 heteroatoms. The summed E-state index contributed by atoms with van der Waals surface area (Å²) in [6, 6.07) is 3.20. The van der Waals surface area contributed by atoms with E-state index in [2.05, 4.69) is 9.97 Å². The summed E-state index contributed by atoms with van der Waals surface area (Å²) in [7, 11) is -3.04. The topological polar surface area (TPSA) is 100 Å². The highest BCUT2D eigenvalue weighted by Crippen LogP contribution is 2.31. The Bertz CT molecular complexity index is 670. The summed E-state index contributed by atoms with van der Waals surface area (Å²) in [5.41, 5.74) is 1.98. The Morgan fingerprint density at radius 1 is 1.37 bits per heavy atom. The van der Waals surface area contributed by atoms with E-state index in [9.17, 15) is 13.2 Å². The number of pyridine rings is 1. The Kier molecular flexibility index (Phi) is 3.76. The van der Waals surface area contributed by atoms with Gasteiger partial charge in [0.25, 0.3) is 0 Å². The number of aryl methyl sites for hydroxylation is 1. The second kappa shape index (κ2) is 5.33. The Morgan fingerprint density at radius 3 is 2.63 bits per heavy atom. The molecule has 100 valence electrons. The average molecular weight is 299 g/mol. The second-order valence-corrected chi connectivity index (χ2v) is 5.23. The van der Waals surface area contributed by atoms with Gasteiger partial charge in [0.1, 0.15) is 5.00 Å². The number of hydrogen-bond donors (Lipinski definition) is 2. The van der Waals surface area contributed by atoms with E-state index in [4.69, 9.17) is 5.11 Å². The molecule has 19 heavy (non-hydrogen) atoms. The molecule has 0 aliphatic rings. The zero-order valence-electron chi connectivity index (χ0n) is 9.68. The van der Waals surface area contributed by atoms with Crippen molar-refractivity contribution in [1.29, 1.82) is 0 Å². The number of aromatic nitrogens is 2. The number of thiazole rings is 1. The van der Waals surface area contributed by atoms with Crippen LogP contribution in [0, 0.1) is 6.92 Å². The van der Waals surface area contributed by atoms with Crippen LogP contribution in [0.5, 0.6) is 0 Å². The fourth-order valence-electron chi connectivity index (χ4n) is 1.41. The molecule has 0 amide bonds. The molecule has 2 heterocycles. The van der Waals surface area contributed by atoms with E-state index in [1.807, 2.05) is 0 Å². The maximum Gasteiger partial charge on any atom is 0.357 e. The van der Waals surface area contributed by atoms with Gasteiger partial charge in [0.05, 0.1) is 17.4 Å². The highest BCUT2D eigenvalue weighted by molar-refractivity contribution is 7.74. The molecular formula is C10H9N3O4S2. The van der Waals surface area contributed by atoms with E-state index in [0.717, 1.165) is 21.3 Å². The van der Waals surface area contributed by atoms with Crippen LogP contribution >= 0.6 is 11.3 Å². The maximum absolute atomic E-state index is 11.4. The molecular weight excluding hydrogens is 290 g/mol. The lowest BCUT2D eigenvalue weighted by atomic mass is 10.3. The van der Waals surface area contributed by atoms with Gasteiger partial charge in [0, 0.05) is 5.69 Å². The van der Waals surface area contributed by atoms with Gasteiger partial charge in [-0.1, -0.05) is 0 Å². The van der Waals surface area contributed by atoms with Crippen molar-refractivity contribution in [2.75, 3.05) is 4.31 Å². The summed E-state index contributed by atoms with van der Waals surface area (Å²) in [6.45, 7) is 1.76. The van der Waals surface area contributed by atoms with Crippen LogP contribution in [-0.2, 0) is 10.9 Å². The first-order chi connectivity index (χ1) is 9.00. The number of thiol groups is 1. The molecule has 0 atom stereocenters. The summed E-state index contributed by atoms with van der Waals surface area (Å²) >= 11 is 0.936. The minimum absolute atomic E-state index is 0.0364. The number of hydrogen-bond acceptors (Lipinski definition) is 6. The van der Waals surface area contributed by atoms with Crippen LogP contribution in [0.3, 0.4) is 0 Å². The lowest BCUT2D eigenvalue weighted by molar-refractivity contribution is 0.0692. The van der Waals surface area contributed by atoms with Crippen molar-refractivity contribution in [3.63, 3.8) is 0 Å². The number of carboxylic acid groups (broad SMARTS) is 1. The van der Waals surface area contributed by atoms with Crippen molar-refractivity contribution in [3.05, 3.63) is 35.2 Å². The number of anilines is 2. The summed E-state index contributed by atoms with van der Waals surface area (Å²) in [6.07, 6.45) is 1.37. The predicted molar refractivity (Wildman–Crippen MR) is 70.5 cm³/mol. The van der Waals surface area contributed by atoms with Crippen LogP contribution < -0.4 is 4.31 Å². The molecule has 0 radical (unpaired) electrons. The normalized spacial score (nSPS) is 10.6. The molecule has 2 aromatic heterocycles. The van der Waals surface area contributed by atoms with Crippen molar-refractivity contribution in [3.8, 4) is 0 Å². The number of carbonyl (C=O) groups is 1. The van der Waals surface area contributed by atoms with E-state index in [1.165, 1.54) is 11.7 Å². The molecule has 2 rings (SSSR count). The zero-order chi connectivity index (χ0) is 14.0. The highest BCUT2D eigenvalue weighted by atomic mass is 32.2. The van der Waals surface area contributed by atoms with Gasteiger partial charge in [0.15, 0.2) is 5.69 Å². The van der Waals surface area contributed by atoms with Gasteiger partial charge >= 0.3 is 5.97 Å². The van der Waals surface area contributed by atoms with Gasteiger partial charge in [-0.3, -0.25) is 4.98 Å². The van der Waals surface area contributed by atoms with E-state index in [-0.39, 0.29) is 16.4 Å². The molecule has 0 saturated carbocycles. The minimum Gasteiger partial charge on any atom is -0.476 e. The number of aromatic carboxylic acids is 1. The van der Waals surface area contributed by atoms with Gasteiger partial charge in [-0.05, 0) is 19.1 Å². The fourth-order valence-corrected chi connectivity index (χ4v) is 3.01. The van der Waals surface area contributed by atoms with Gasteiger partial charge in [0.2, 0.25) is 10.9 Å². The molecule has 0 aliphatic heterocycles. The summed E-state index contributed by atoms with van der Waals surface area (Å²) in [5.74, 6) is -1.28. The number of nitrogens with zero attached hydrogens (tertiary/aromatic N) is 3. The predicted octanol–water partition coefficient (Wildman–Crippen LogP) is 1.21. The van der Waals surface area contributed by atoms with E-state index >= 15 is 0 Å². The van der Waals surface area contributed by atoms with Crippen LogP contribution in [-0.4, -0.2) is 29.5 Å². The standard InChI is InChI=1S/C10H9N3O4S2/c1-6-2-3-7(4-11-6)13(19(16)17)9-8(10(14)15)12-5-18-9/h2-5,19H,1H3,(H,14,15). The molecule has 0 spiro atoms. The first kappa shape index (κ1) is 13.4. The molecule has 0 aromatic carbocycles. The lowest BCUT2D eigenvalue weighted by Crippen LogP contribution is -2.16. The Balaban J connectivity index is 2.55. The molecule has 2 aromatic rings. The molecule has 0 unspecified atom stereocenters. The molecule has 0 fully saturated rings. The third kappa shape index (κ3) is 2.71. The van der Waals surface area contributed by atoms with Crippen LogP contribution in [0.25, 0.3) is 0 Å². The van der Waals surface area contributed by atoms with E-state index < -0.39 is 16.9 Å². The molecule has 7 nitrogen and oxygen atoms in total. The summed E-state index contributed by atoms with van der Waals surface area (Å²) in [5, 5.41) is 9.02. The summed E-state index contributed by atoms with van der Waals surface area (Å²) in [4.78, 5) is 18.6. The van der Waals surface area contributed by atoms with Crippen molar-refractivity contribution in [2.24, 2.45) is 0 Å². The zero-order valence-corrected chi connectivity index (χ0v) is 11.4. The number of rotatable bonds is 4. The summed E-state index contributed by atoms with van der Waals surface area (Å²) < 4.78 is 23.7. The van der Waals surface area contributed by atoms with Crippen LogP contribution in [0.15, 0.2) is 23.8 Å². The van der Waals surface area contributed by atoms with Crippen molar-refractivity contribution in [1.82, 2.24) is 9.97 Å². The molecule has 0 aliphatic carbocycles. The van der Waals surface area contributed by atoms with Crippen LogP contribution in [0.1, 0.15) is 16.2 Å². The monoisotopic (exact) mass is 299 g/mol. The molecule has 0 saturated heterocycles. The largest absolute Gasteiger partial charge is 0.476 e. The van der Waals surface area contributed by atoms with Crippen molar-refractivity contribution in [2.45, 2.75) is 6.92 Å². The quantitative estimate of drug-likeness (QED) is 0.823. The molecule has 0 bridgehead atoms. The van der Waals surface area contributed by atoms with E-state index in [0.29, 0.717) is 0 Å². The van der Waals surface area contributed by atoms with Crippen LogP contribution in [0.2, 0.25) is 0 Å². The first-order valence-electron chi connectivity index (χ1n) is 5.04. The van der Waals surface area contributed by atoms with Crippen molar-refractivity contribution >= 4 is 38.9 Å². The van der Waals surface area contributed by atoms with E-state index in [1.54, 1.807) is 19.1 Å². The third-order valence-electron chi connectivity index (χ3n) is 2.25. The maximum atomic E-state index is 11.4. The van der Waals surface area contributed by atoms with Gasteiger partial charge in [-0.15, -0.1) is 11.3 Å². The Labute approximate surface area is 114 Å². The Morgan fingerprint density at radius 2 is 2.11 bits per heavy atom. The van der Waals surface area contributed by atoms with Crippen molar-refractivity contribution < 1.29 is 18.3 Å². The fraction of sp³-hybridized carbons (Fsp3) is 0.100. The lowest BCUT2D eigenvalue weighted by Gasteiger charge is -2.15. The van der Waals surface area contributed by atoms with Gasteiger partial charge in [-0.2, -0.15) is 0 Å². The molecule has 1 N–H and O–H groups in total. The third-order valence-corrected chi connectivity index (χ3v) is 3.95. The number of carboxylic acids is 1. The van der Waals surface area contributed by atoms with Gasteiger partial charge < -0.3 is 5.11 Å². The SMILES string of the molecule is Cc1ccc(N(c2scnc2C(=O)O)[SH](=O)=O)cn1. The minimum atomic E-state index is -3.04. The Hall–Kier alpha value is -2.00. The highest BCUT2D eigenvalue weighted by Gasteiger charge is 2.22. The van der Waals surface area contributed by atoms with Gasteiger partial charge in [-0.25, -0.2) is 22.5 Å². The van der Waals surface area contributed by atoms with Crippen LogP contribution in [0.4, 0.5) is 10.7 Å². The average Bonchev–Trinajstić information content (AvgIpc) is 2.80. The first-order valence-corrected chi connectivity index (χ1v) is 7.05. The smallest absolute Gasteiger partial charge is 0.357 e.